The molecule has 0 N–H and O–H groups in total. The molecule has 0 amide bonds. The van der Waals surface area contributed by atoms with Gasteiger partial charge in [0.2, 0.25) is 0 Å². The number of hydrogen-bond acceptors (Lipinski definition) is 7. The molecular formula is C28H37N7O2. The molecule has 1 saturated heterocycles. The molecule has 5 rings (SSSR count). The quantitative estimate of drug-likeness (QED) is 0.506. The van der Waals surface area contributed by atoms with Gasteiger partial charge >= 0.3 is 0 Å². The average molecular weight is 504 g/mol. The number of pyridine rings is 2. The van der Waals surface area contributed by atoms with Crippen molar-refractivity contribution in [3.8, 4) is 11.8 Å². The second-order valence-electron chi connectivity index (χ2n) is 11.1. The number of ether oxygens (including phenoxy) is 1. The number of anilines is 1. The second kappa shape index (κ2) is 9.49. The summed E-state index contributed by atoms with van der Waals surface area (Å²) in [7, 11) is 1.76. The second-order valence-corrected chi connectivity index (χ2v) is 11.1. The van der Waals surface area contributed by atoms with Crippen molar-refractivity contribution in [1.29, 1.82) is 5.26 Å². The number of aromatic nitrogens is 4. The molecule has 2 aliphatic heterocycles. The van der Waals surface area contributed by atoms with Crippen molar-refractivity contribution in [1.82, 2.24) is 24.2 Å². The minimum Gasteiger partial charge on any atom is -0.491 e. The van der Waals surface area contributed by atoms with Crippen molar-refractivity contribution in [2.75, 3.05) is 24.6 Å². The van der Waals surface area contributed by atoms with E-state index in [1.807, 2.05) is 0 Å². The lowest BCUT2D eigenvalue weighted by molar-refractivity contribution is 0.0990. The Kier molecular flexibility index (Phi) is 6.48. The van der Waals surface area contributed by atoms with E-state index in [2.05, 4.69) is 62.6 Å². The Hall–Kier alpha value is -3.38. The smallest absolute Gasteiger partial charge is 0.252 e. The number of nitriles is 1. The van der Waals surface area contributed by atoms with Gasteiger partial charge in [0.05, 0.1) is 41.5 Å². The van der Waals surface area contributed by atoms with Crippen molar-refractivity contribution in [2.45, 2.75) is 77.5 Å². The van der Waals surface area contributed by atoms with Crippen molar-refractivity contribution in [2.24, 2.45) is 7.05 Å². The van der Waals surface area contributed by atoms with Crippen LogP contribution in [0.1, 0.15) is 64.9 Å². The van der Waals surface area contributed by atoms with E-state index in [1.54, 1.807) is 28.6 Å². The van der Waals surface area contributed by atoms with Gasteiger partial charge in [0.1, 0.15) is 17.8 Å². The maximum absolute atomic E-state index is 12.9. The largest absolute Gasteiger partial charge is 0.491 e. The summed E-state index contributed by atoms with van der Waals surface area (Å²) in [6.45, 7) is 13.5. The maximum atomic E-state index is 12.9. The van der Waals surface area contributed by atoms with Crippen LogP contribution in [0.4, 0.5) is 5.69 Å². The topological polar surface area (TPSA) is 92.2 Å². The molecule has 2 aliphatic rings. The average Bonchev–Trinajstić information content (AvgIpc) is 3.45. The van der Waals surface area contributed by atoms with Gasteiger partial charge in [0.15, 0.2) is 0 Å². The van der Waals surface area contributed by atoms with E-state index in [-0.39, 0.29) is 35.6 Å². The molecule has 3 atom stereocenters. The highest BCUT2D eigenvalue weighted by atomic mass is 16.5. The summed E-state index contributed by atoms with van der Waals surface area (Å²) in [5.74, 6) is 0.898. The van der Waals surface area contributed by atoms with Gasteiger partial charge in [0, 0.05) is 49.7 Å². The molecule has 9 nitrogen and oxygen atoms in total. The lowest BCUT2D eigenvalue weighted by Gasteiger charge is -2.49. The van der Waals surface area contributed by atoms with E-state index in [1.165, 1.54) is 0 Å². The molecule has 0 radical (unpaired) electrons. The minimum atomic E-state index is -0.0836. The van der Waals surface area contributed by atoms with Crippen LogP contribution in [0.3, 0.4) is 0 Å². The first-order valence-corrected chi connectivity index (χ1v) is 13.3. The number of hydrogen-bond donors (Lipinski definition) is 0. The molecule has 3 aromatic rings. The van der Waals surface area contributed by atoms with Gasteiger partial charge in [-0.25, -0.2) is 0 Å². The van der Waals surface area contributed by atoms with Crippen molar-refractivity contribution in [3.05, 3.63) is 46.1 Å². The Labute approximate surface area is 218 Å². The maximum Gasteiger partial charge on any atom is 0.252 e. The van der Waals surface area contributed by atoms with Gasteiger partial charge in [-0.05, 0) is 31.9 Å². The third kappa shape index (κ3) is 4.27. The van der Waals surface area contributed by atoms with E-state index >= 15 is 0 Å². The first kappa shape index (κ1) is 25.3. The summed E-state index contributed by atoms with van der Waals surface area (Å²) < 4.78 is 9.10. The van der Waals surface area contributed by atoms with Crippen molar-refractivity contribution >= 4 is 16.7 Å². The first-order valence-electron chi connectivity index (χ1n) is 13.3. The van der Waals surface area contributed by atoms with Gasteiger partial charge in [-0.15, -0.1) is 0 Å². The van der Waals surface area contributed by atoms with E-state index in [0.29, 0.717) is 6.61 Å². The lowest BCUT2D eigenvalue weighted by Crippen LogP contribution is -2.59. The Morgan fingerprint density at radius 3 is 2.68 bits per heavy atom. The third-order valence-electron chi connectivity index (χ3n) is 8.20. The van der Waals surface area contributed by atoms with Gasteiger partial charge < -0.3 is 14.2 Å². The minimum absolute atomic E-state index is 0.0649. The fourth-order valence-electron chi connectivity index (χ4n) is 5.86. The van der Waals surface area contributed by atoms with Crippen LogP contribution in [0.5, 0.6) is 5.75 Å². The Balaban J connectivity index is 1.49. The standard InChI is InChI=1S/C28H37N7O2/c1-7-19-15-35(22-13-25(36)32(6)23-16-33(12-11-29)31-26(22)23)20(8-2)14-34(19)18(3)21-9-10-24-27(30-21)28(4,5)17-37-24/h9-10,13,16,18-20H,7-8,12,14-15,17H2,1-6H3/t18?,19-,20+/m1/s1. The Morgan fingerprint density at radius 1 is 1.22 bits per heavy atom. The van der Waals surface area contributed by atoms with E-state index in [4.69, 9.17) is 14.8 Å². The van der Waals surface area contributed by atoms with Crippen molar-refractivity contribution in [3.63, 3.8) is 0 Å². The summed E-state index contributed by atoms with van der Waals surface area (Å²) >= 11 is 0. The Bertz CT molecular complexity index is 1420. The van der Waals surface area contributed by atoms with Crippen LogP contribution >= 0.6 is 0 Å². The first-order chi connectivity index (χ1) is 17.7. The molecule has 0 bridgehead atoms. The fourth-order valence-corrected chi connectivity index (χ4v) is 5.86. The third-order valence-corrected chi connectivity index (χ3v) is 8.20. The fraction of sp³-hybridized carbons (Fsp3) is 0.571. The van der Waals surface area contributed by atoms with E-state index in [9.17, 15) is 10.1 Å². The van der Waals surface area contributed by atoms with Crippen LogP contribution in [0.2, 0.25) is 0 Å². The van der Waals surface area contributed by atoms with Crippen LogP contribution in [0.15, 0.2) is 29.2 Å². The van der Waals surface area contributed by atoms with Crippen LogP contribution in [-0.2, 0) is 19.0 Å². The zero-order valence-corrected chi connectivity index (χ0v) is 22.7. The Morgan fingerprint density at radius 2 is 1.97 bits per heavy atom. The summed E-state index contributed by atoms with van der Waals surface area (Å²) in [6.07, 6.45) is 3.71. The summed E-state index contributed by atoms with van der Waals surface area (Å²) in [4.78, 5) is 23.0. The summed E-state index contributed by atoms with van der Waals surface area (Å²) in [6, 6.07) is 8.71. The zero-order chi connectivity index (χ0) is 26.5. The van der Waals surface area contributed by atoms with Gasteiger partial charge in [-0.3, -0.25) is 19.4 Å². The molecule has 3 aromatic heterocycles. The molecule has 0 saturated carbocycles. The monoisotopic (exact) mass is 503 g/mol. The molecule has 1 unspecified atom stereocenters. The molecule has 0 aromatic carbocycles. The number of fused-ring (bicyclic) bond motifs is 2. The number of nitrogens with zero attached hydrogens (tertiary/aromatic N) is 7. The van der Waals surface area contributed by atoms with Gasteiger partial charge in [-0.2, -0.15) is 10.4 Å². The molecule has 9 heteroatoms. The predicted octanol–water partition coefficient (Wildman–Crippen LogP) is 3.76. The van der Waals surface area contributed by atoms with Gasteiger partial charge in [-0.1, -0.05) is 27.7 Å². The zero-order valence-electron chi connectivity index (χ0n) is 22.7. The van der Waals surface area contributed by atoms with Crippen LogP contribution in [0.25, 0.3) is 11.0 Å². The van der Waals surface area contributed by atoms with Crippen LogP contribution < -0.4 is 15.2 Å². The molecule has 1 fully saturated rings. The van der Waals surface area contributed by atoms with E-state index in [0.717, 1.165) is 59.8 Å². The molecule has 196 valence electrons. The van der Waals surface area contributed by atoms with Crippen LogP contribution in [0, 0.1) is 11.3 Å². The van der Waals surface area contributed by atoms with Gasteiger partial charge in [0.25, 0.3) is 5.56 Å². The number of piperazine rings is 1. The SMILES string of the molecule is CC[C@H]1CN(C(C)c2ccc3c(n2)C(C)(C)CO3)[C@H](CC)CN1c1cc(=O)n(C)c2cn(CC#N)nc12. The lowest BCUT2D eigenvalue weighted by atomic mass is 9.91. The highest BCUT2D eigenvalue weighted by Crippen LogP contribution is 2.39. The number of aryl methyl sites for hydroxylation is 1. The molecule has 5 heterocycles. The highest BCUT2D eigenvalue weighted by Gasteiger charge is 2.38. The number of rotatable bonds is 6. The predicted molar refractivity (Wildman–Crippen MR) is 144 cm³/mol. The normalized spacial score (nSPS) is 22.0. The molecule has 0 spiro atoms. The highest BCUT2D eigenvalue weighted by molar-refractivity contribution is 5.88. The van der Waals surface area contributed by atoms with E-state index < -0.39 is 0 Å². The summed E-state index contributed by atoms with van der Waals surface area (Å²) in [5, 5.41) is 13.9. The van der Waals surface area contributed by atoms with Crippen molar-refractivity contribution < 1.29 is 4.74 Å². The molecule has 37 heavy (non-hydrogen) atoms. The van der Waals surface area contributed by atoms with Crippen LogP contribution in [-0.4, -0.2) is 56.0 Å². The summed E-state index contributed by atoms with van der Waals surface area (Å²) in [5.41, 5.74) is 4.36. The molecular weight excluding hydrogens is 466 g/mol. The molecule has 0 aliphatic carbocycles.